The number of thiazole rings is 1. The van der Waals surface area contributed by atoms with Gasteiger partial charge < -0.3 is 4.42 Å². The third-order valence-corrected chi connectivity index (χ3v) is 7.07. The van der Waals surface area contributed by atoms with Crippen LogP contribution < -0.4 is 15.2 Å². The van der Waals surface area contributed by atoms with Crippen molar-refractivity contribution < 1.29 is 12.8 Å². The fourth-order valence-corrected chi connectivity index (χ4v) is 4.75. The number of aromatic nitrogens is 3. The lowest BCUT2D eigenvalue weighted by molar-refractivity contribution is 0.571. The van der Waals surface area contributed by atoms with Crippen LogP contribution in [0.15, 0.2) is 79.2 Å². The van der Waals surface area contributed by atoms with Gasteiger partial charge in [-0.3, -0.25) is 4.79 Å². The molecular weight excluding hydrogens is 516 g/mol. The molecule has 0 spiro atoms. The summed E-state index contributed by atoms with van der Waals surface area (Å²) in [6.45, 7) is 0. The van der Waals surface area contributed by atoms with Gasteiger partial charge in [-0.2, -0.15) is 9.50 Å². The summed E-state index contributed by atoms with van der Waals surface area (Å²) >= 11 is 4.61. The summed E-state index contributed by atoms with van der Waals surface area (Å²) < 4.78 is 31.3. The first-order valence-corrected chi connectivity index (χ1v) is 12.3. The highest BCUT2D eigenvalue weighted by atomic mass is 79.9. The minimum Gasteiger partial charge on any atom is -0.457 e. The lowest BCUT2D eigenvalue weighted by Gasteiger charge is -2.00. The average molecular weight is 529 g/mol. The van der Waals surface area contributed by atoms with Crippen LogP contribution in [0.2, 0.25) is 0 Å². The van der Waals surface area contributed by atoms with E-state index in [-0.39, 0.29) is 10.5 Å². The van der Waals surface area contributed by atoms with Gasteiger partial charge in [-0.25, -0.2) is 13.6 Å². The molecule has 3 heterocycles. The first-order chi connectivity index (χ1) is 15.3. The molecule has 0 aliphatic rings. The molecule has 0 unspecified atom stereocenters. The number of nitrogens with zero attached hydrogens (tertiary/aromatic N) is 3. The third kappa shape index (κ3) is 3.91. The lowest BCUT2D eigenvalue weighted by Crippen LogP contribution is -2.23. The normalized spacial score (nSPS) is 12.6. The molecule has 0 aliphatic carbocycles. The van der Waals surface area contributed by atoms with E-state index in [1.165, 1.54) is 28.0 Å². The number of benzene rings is 2. The van der Waals surface area contributed by atoms with Gasteiger partial charge in [0.1, 0.15) is 16.1 Å². The van der Waals surface area contributed by atoms with Crippen molar-refractivity contribution in [1.82, 2.24) is 14.6 Å². The number of halogens is 1. The van der Waals surface area contributed by atoms with Crippen molar-refractivity contribution in [2.75, 3.05) is 0 Å². The number of rotatable bonds is 4. The Morgan fingerprint density at radius 1 is 1.00 bits per heavy atom. The molecule has 2 N–H and O–H groups in total. The van der Waals surface area contributed by atoms with Gasteiger partial charge in [0.05, 0.1) is 4.90 Å². The standard InChI is InChI=1S/C21H13BrN4O4S2/c22-14-5-1-13(2-6-14)19-24-21-26(25-19)20(27)18(31-21)11-15-7-10-17(30-15)12-3-8-16(9-4-12)32(23,28)29/h1-11H,(H2,23,28,29). The molecule has 0 saturated carbocycles. The van der Waals surface area contributed by atoms with Gasteiger partial charge in [0.15, 0.2) is 5.82 Å². The molecule has 0 fully saturated rings. The molecule has 3 aromatic heterocycles. The Morgan fingerprint density at radius 3 is 2.34 bits per heavy atom. The van der Waals surface area contributed by atoms with E-state index in [1.807, 2.05) is 24.3 Å². The second-order valence-corrected chi connectivity index (χ2v) is 10.3. The van der Waals surface area contributed by atoms with E-state index >= 15 is 0 Å². The Balaban J connectivity index is 1.46. The summed E-state index contributed by atoms with van der Waals surface area (Å²) in [5, 5.41) is 9.46. The zero-order chi connectivity index (χ0) is 22.5. The number of fused-ring (bicyclic) bond motifs is 1. The van der Waals surface area contributed by atoms with Crippen LogP contribution in [0.1, 0.15) is 5.76 Å². The molecule has 11 heteroatoms. The van der Waals surface area contributed by atoms with Crippen molar-refractivity contribution in [2.45, 2.75) is 4.90 Å². The van der Waals surface area contributed by atoms with Crippen LogP contribution >= 0.6 is 27.3 Å². The topological polar surface area (TPSA) is 121 Å². The van der Waals surface area contributed by atoms with Gasteiger partial charge in [-0.1, -0.05) is 39.4 Å². The molecule has 0 saturated heterocycles. The van der Waals surface area contributed by atoms with Crippen LogP contribution in [0.25, 0.3) is 33.7 Å². The van der Waals surface area contributed by atoms with E-state index in [1.54, 1.807) is 30.3 Å². The Morgan fingerprint density at radius 2 is 1.69 bits per heavy atom. The molecule has 32 heavy (non-hydrogen) atoms. The van der Waals surface area contributed by atoms with E-state index in [2.05, 4.69) is 26.0 Å². The van der Waals surface area contributed by atoms with Gasteiger partial charge in [-0.05, 0) is 48.5 Å². The second kappa shape index (κ2) is 7.78. The molecule has 5 aromatic rings. The first kappa shape index (κ1) is 20.8. The number of furan rings is 1. The summed E-state index contributed by atoms with van der Waals surface area (Å²) in [6, 6.07) is 17.0. The van der Waals surface area contributed by atoms with Gasteiger partial charge in [-0.15, -0.1) is 5.10 Å². The highest BCUT2D eigenvalue weighted by Crippen LogP contribution is 2.24. The minimum absolute atomic E-state index is 0.0209. The smallest absolute Gasteiger partial charge is 0.291 e. The van der Waals surface area contributed by atoms with Gasteiger partial charge >= 0.3 is 0 Å². The minimum atomic E-state index is -3.76. The Hall–Kier alpha value is -3.12. The summed E-state index contributed by atoms with van der Waals surface area (Å²) in [5.74, 6) is 1.49. The Kier molecular flexibility index (Phi) is 5.05. The SMILES string of the molecule is NS(=O)(=O)c1ccc(-c2ccc(C=c3sc4nc(-c5ccc(Br)cc5)nn4c3=O)o2)cc1. The zero-order valence-corrected chi connectivity index (χ0v) is 19.3. The third-order valence-electron chi connectivity index (χ3n) is 4.65. The molecular formula is C21H13BrN4O4S2. The maximum Gasteiger partial charge on any atom is 0.291 e. The molecule has 0 bridgehead atoms. The molecule has 160 valence electrons. The zero-order valence-electron chi connectivity index (χ0n) is 16.1. The summed E-state index contributed by atoms with van der Waals surface area (Å²) in [7, 11) is -3.76. The maximum atomic E-state index is 12.8. The largest absolute Gasteiger partial charge is 0.457 e. The number of hydrogen-bond donors (Lipinski definition) is 1. The lowest BCUT2D eigenvalue weighted by atomic mass is 10.2. The van der Waals surface area contributed by atoms with E-state index in [0.717, 1.165) is 10.0 Å². The van der Waals surface area contributed by atoms with E-state index in [4.69, 9.17) is 9.56 Å². The number of hydrogen-bond acceptors (Lipinski definition) is 7. The van der Waals surface area contributed by atoms with Crippen molar-refractivity contribution in [2.24, 2.45) is 5.14 Å². The highest BCUT2D eigenvalue weighted by Gasteiger charge is 2.13. The van der Waals surface area contributed by atoms with Crippen molar-refractivity contribution in [3.05, 3.63) is 85.8 Å². The van der Waals surface area contributed by atoms with Gasteiger partial charge in [0.25, 0.3) is 5.56 Å². The molecule has 0 aliphatic heterocycles. The summed E-state index contributed by atoms with van der Waals surface area (Å²) in [4.78, 5) is 17.7. The van der Waals surface area contributed by atoms with Crippen LogP contribution in [0.5, 0.6) is 0 Å². The van der Waals surface area contributed by atoms with E-state index < -0.39 is 10.0 Å². The fourth-order valence-electron chi connectivity index (χ4n) is 3.08. The first-order valence-electron chi connectivity index (χ1n) is 9.18. The van der Waals surface area contributed by atoms with Crippen molar-refractivity contribution in [1.29, 1.82) is 0 Å². The fraction of sp³-hybridized carbons (Fsp3) is 0. The van der Waals surface area contributed by atoms with Crippen LogP contribution in [0.4, 0.5) is 0 Å². The van der Waals surface area contributed by atoms with E-state index in [9.17, 15) is 13.2 Å². The predicted octanol–water partition coefficient (Wildman–Crippen LogP) is 3.04. The van der Waals surface area contributed by atoms with Gasteiger partial charge in [0, 0.05) is 21.7 Å². The number of nitrogens with two attached hydrogens (primary N) is 1. The Bertz CT molecular complexity index is 1670. The summed E-state index contributed by atoms with van der Waals surface area (Å²) in [5.41, 5.74) is 1.22. The van der Waals surface area contributed by atoms with Crippen LogP contribution in [-0.2, 0) is 10.0 Å². The number of sulfonamides is 1. The van der Waals surface area contributed by atoms with Gasteiger partial charge in [0.2, 0.25) is 15.0 Å². The highest BCUT2D eigenvalue weighted by molar-refractivity contribution is 9.10. The quantitative estimate of drug-likeness (QED) is 0.382. The molecule has 8 nitrogen and oxygen atoms in total. The van der Waals surface area contributed by atoms with Crippen LogP contribution in [-0.4, -0.2) is 23.0 Å². The van der Waals surface area contributed by atoms with Crippen molar-refractivity contribution in [3.8, 4) is 22.7 Å². The second-order valence-electron chi connectivity index (χ2n) is 6.82. The Labute approximate surface area is 193 Å². The van der Waals surface area contributed by atoms with E-state index in [0.29, 0.717) is 32.4 Å². The molecule has 5 rings (SSSR count). The van der Waals surface area contributed by atoms with Crippen LogP contribution in [0, 0.1) is 0 Å². The summed E-state index contributed by atoms with van der Waals surface area (Å²) in [6.07, 6.45) is 1.63. The molecule has 0 atom stereocenters. The monoisotopic (exact) mass is 528 g/mol. The predicted molar refractivity (Wildman–Crippen MR) is 125 cm³/mol. The molecule has 0 radical (unpaired) electrons. The van der Waals surface area contributed by atoms with Crippen molar-refractivity contribution >= 4 is 48.3 Å². The van der Waals surface area contributed by atoms with Crippen molar-refractivity contribution in [3.63, 3.8) is 0 Å². The maximum absolute atomic E-state index is 12.8. The average Bonchev–Trinajstić information content (AvgIpc) is 3.46. The molecule has 0 amide bonds. The molecule has 2 aromatic carbocycles. The van der Waals surface area contributed by atoms with Crippen LogP contribution in [0.3, 0.4) is 0 Å². The number of primary sulfonamides is 1.